The molecule has 104 valence electrons. The highest BCUT2D eigenvalue weighted by atomic mass is 15.3. The second-order valence-electron chi connectivity index (χ2n) is 5.08. The van der Waals surface area contributed by atoms with Gasteiger partial charge in [0.15, 0.2) is 0 Å². The van der Waals surface area contributed by atoms with Crippen LogP contribution in [0.1, 0.15) is 36.2 Å². The standard InChI is InChI=1S/C14H23N5/c1-5-6-15-14(7-12-8-16-18(3)9-12)13-10-19(4)17-11(13)2/h8-10,14-15H,5-7H2,1-4H3. The van der Waals surface area contributed by atoms with E-state index >= 15 is 0 Å². The molecule has 1 unspecified atom stereocenters. The van der Waals surface area contributed by atoms with Crippen LogP contribution in [0.25, 0.3) is 0 Å². The molecule has 1 atom stereocenters. The van der Waals surface area contributed by atoms with Crippen molar-refractivity contribution >= 4 is 0 Å². The minimum atomic E-state index is 0.304. The summed E-state index contributed by atoms with van der Waals surface area (Å²) in [6.45, 7) is 5.27. The van der Waals surface area contributed by atoms with Crippen LogP contribution in [0.15, 0.2) is 18.6 Å². The number of rotatable bonds is 6. The predicted octanol–water partition coefficient (Wildman–Crippen LogP) is 1.75. The Morgan fingerprint density at radius 1 is 1.26 bits per heavy atom. The summed E-state index contributed by atoms with van der Waals surface area (Å²) in [7, 11) is 3.92. The van der Waals surface area contributed by atoms with Crippen LogP contribution in [0.2, 0.25) is 0 Å². The van der Waals surface area contributed by atoms with Gasteiger partial charge in [-0.25, -0.2) is 0 Å². The molecule has 0 aliphatic carbocycles. The van der Waals surface area contributed by atoms with Crippen molar-refractivity contribution in [2.45, 2.75) is 32.7 Å². The first-order valence-corrected chi connectivity index (χ1v) is 6.81. The Kier molecular flexibility index (Phi) is 4.37. The average molecular weight is 261 g/mol. The molecule has 0 saturated carbocycles. The van der Waals surface area contributed by atoms with Crippen molar-refractivity contribution < 1.29 is 0 Å². The van der Waals surface area contributed by atoms with E-state index < -0.39 is 0 Å². The summed E-state index contributed by atoms with van der Waals surface area (Å²) in [4.78, 5) is 0. The number of aromatic nitrogens is 4. The molecule has 0 spiro atoms. The zero-order valence-electron chi connectivity index (χ0n) is 12.2. The molecule has 0 radical (unpaired) electrons. The Labute approximate surface area is 114 Å². The van der Waals surface area contributed by atoms with Crippen molar-refractivity contribution in [1.82, 2.24) is 24.9 Å². The largest absolute Gasteiger partial charge is 0.310 e. The van der Waals surface area contributed by atoms with E-state index in [1.807, 2.05) is 29.7 Å². The van der Waals surface area contributed by atoms with Gasteiger partial charge < -0.3 is 5.32 Å². The van der Waals surface area contributed by atoms with Gasteiger partial charge in [0.05, 0.1) is 11.9 Å². The van der Waals surface area contributed by atoms with Crippen molar-refractivity contribution in [1.29, 1.82) is 0 Å². The maximum absolute atomic E-state index is 4.44. The highest BCUT2D eigenvalue weighted by Crippen LogP contribution is 2.20. The Morgan fingerprint density at radius 3 is 2.58 bits per heavy atom. The molecule has 2 aromatic rings. The minimum absolute atomic E-state index is 0.304. The molecule has 2 rings (SSSR count). The lowest BCUT2D eigenvalue weighted by Gasteiger charge is -2.17. The number of nitrogens with zero attached hydrogens (tertiary/aromatic N) is 4. The van der Waals surface area contributed by atoms with E-state index in [2.05, 4.69) is 41.8 Å². The fourth-order valence-corrected chi connectivity index (χ4v) is 2.38. The van der Waals surface area contributed by atoms with Gasteiger partial charge in [0, 0.05) is 38.1 Å². The van der Waals surface area contributed by atoms with E-state index in [1.165, 1.54) is 11.1 Å². The van der Waals surface area contributed by atoms with Gasteiger partial charge in [-0.3, -0.25) is 9.36 Å². The zero-order valence-corrected chi connectivity index (χ0v) is 12.2. The Bertz CT molecular complexity index is 526. The topological polar surface area (TPSA) is 47.7 Å². The molecule has 2 heterocycles. The summed E-state index contributed by atoms with van der Waals surface area (Å²) in [5.41, 5.74) is 3.62. The van der Waals surface area contributed by atoms with Gasteiger partial charge >= 0.3 is 0 Å². The first-order valence-electron chi connectivity index (χ1n) is 6.81. The number of aryl methyl sites for hydroxylation is 3. The number of hydrogen-bond donors (Lipinski definition) is 1. The molecule has 0 fully saturated rings. The second kappa shape index (κ2) is 6.02. The fraction of sp³-hybridized carbons (Fsp3) is 0.571. The summed E-state index contributed by atoms with van der Waals surface area (Å²) >= 11 is 0. The smallest absolute Gasteiger partial charge is 0.0641 e. The Morgan fingerprint density at radius 2 is 2.05 bits per heavy atom. The van der Waals surface area contributed by atoms with Crippen LogP contribution in [0.4, 0.5) is 0 Å². The van der Waals surface area contributed by atoms with Gasteiger partial charge in [-0.15, -0.1) is 0 Å². The highest BCUT2D eigenvalue weighted by Gasteiger charge is 2.17. The van der Waals surface area contributed by atoms with Crippen molar-refractivity contribution in [2.75, 3.05) is 6.54 Å². The first-order chi connectivity index (χ1) is 9.10. The first kappa shape index (κ1) is 13.8. The molecular weight excluding hydrogens is 238 g/mol. The molecule has 5 heteroatoms. The van der Waals surface area contributed by atoms with Crippen LogP contribution in [0, 0.1) is 6.92 Å². The van der Waals surface area contributed by atoms with Gasteiger partial charge in [-0.2, -0.15) is 10.2 Å². The molecule has 0 saturated heterocycles. The molecule has 2 aromatic heterocycles. The lowest BCUT2D eigenvalue weighted by atomic mass is 10.0. The van der Waals surface area contributed by atoms with Gasteiger partial charge in [-0.05, 0) is 31.9 Å². The van der Waals surface area contributed by atoms with Crippen molar-refractivity contribution in [3.8, 4) is 0 Å². The summed E-state index contributed by atoms with van der Waals surface area (Å²) in [6, 6.07) is 0.304. The molecule has 0 aliphatic heterocycles. The van der Waals surface area contributed by atoms with Gasteiger partial charge in [0.2, 0.25) is 0 Å². The highest BCUT2D eigenvalue weighted by molar-refractivity contribution is 5.23. The molecule has 1 N–H and O–H groups in total. The third kappa shape index (κ3) is 3.44. The molecule has 0 aromatic carbocycles. The quantitative estimate of drug-likeness (QED) is 0.861. The summed E-state index contributed by atoms with van der Waals surface area (Å²) in [5.74, 6) is 0. The Balaban J connectivity index is 2.18. The molecule has 5 nitrogen and oxygen atoms in total. The van der Waals surface area contributed by atoms with E-state index in [1.54, 1.807) is 0 Å². The monoisotopic (exact) mass is 261 g/mol. The molecule has 0 bridgehead atoms. The van der Waals surface area contributed by atoms with E-state index in [9.17, 15) is 0 Å². The van der Waals surface area contributed by atoms with Crippen molar-refractivity contribution in [3.05, 3.63) is 35.4 Å². The maximum atomic E-state index is 4.44. The summed E-state index contributed by atoms with van der Waals surface area (Å²) in [6.07, 6.45) is 8.20. The number of nitrogens with one attached hydrogen (secondary N) is 1. The fourth-order valence-electron chi connectivity index (χ4n) is 2.38. The lowest BCUT2D eigenvalue weighted by molar-refractivity contribution is 0.527. The van der Waals surface area contributed by atoms with Gasteiger partial charge in [-0.1, -0.05) is 6.92 Å². The normalized spacial score (nSPS) is 12.8. The van der Waals surface area contributed by atoms with Crippen LogP contribution < -0.4 is 5.32 Å². The summed E-state index contributed by atoms with van der Waals surface area (Å²) < 4.78 is 3.73. The molecule has 0 aliphatic rings. The molecule has 0 amide bonds. The minimum Gasteiger partial charge on any atom is -0.310 e. The third-order valence-electron chi connectivity index (χ3n) is 3.27. The SMILES string of the molecule is CCCNC(Cc1cnn(C)c1)c1cn(C)nc1C. The van der Waals surface area contributed by atoms with Gasteiger partial charge in [0.25, 0.3) is 0 Å². The van der Waals surface area contributed by atoms with Crippen molar-refractivity contribution in [2.24, 2.45) is 14.1 Å². The molecule has 19 heavy (non-hydrogen) atoms. The zero-order chi connectivity index (χ0) is 13.8. The predicted molar refractivity (Wildman–Crippen MR) is 75.9 cm³/mol. The van der Waals surface area contributed by atoms with E-state index in [4.69, 9.17) is 0 Å². The van der Waals surface area contributed by atoms with Crippen LogP contribution in [-0.2, 0) is 20.5 Å². The summed E-state index contributed by atoms with van der Waals surface area (Å²) in [5, 5.41) is 12.3. The van der Waals surface area contributed by atoms with E-state index in [-0.39, 0.29) is 0 Å². The van der Waals surface area contributed by atoms with Crippen LogP contribution in [0.5, 0.6) is 0 Å². The third-order valence-corrected chi connectivity index (χ3v) is 3.27. The van der Waals surface area contributed by atoms with Crippen LogP contribution in [-0.4, -0.2) is 26.1 Å². The second-order valence-corrected chi connectivity index (χ2v) is 5.08. The van der Waals surface area contributed by atoms with Crippen LogP contribution in [0.3, 0.4) is 0 Å². The van der Waals surface area contributed by atoms with E-state index in [0.717, 1.165) is 25.1 Å². The van der Waals surface area contributed by atoms with Gasteiger partial charge in [0.1, 0.15) is 0 Å². The molecular formula is C14H23N5. The van der Waals surface area contributed by atoms with Crippen LogP contribution >= 0.6 is 0 Å². The van der Waals surface area contributed by atoms with Crippen molar-refractivity contribution in [3.63, 3.8) is 0 Å². The number of hydrogen-bond acceptors (Lipinski definition) is 3. The maximum Gasteiger partial charge on any atom is 0.0641 e. The van der Waals surface area contributed by atoms with E-state index in [0.29, 0.717) is 6.04 Å². The lowest BCUT2D eigenvalue weighted by Crippen LogP contribution is -2.24. The Hall–Kier alpha value is -1.62. The average Bonchev–Trinajstić information content (AvgIpc) is 2.91.